The Labute approximate surface area is 223 Å². The van der Waals surface area contributed by atoms with Crippen molar-refractivity contribution in [2.24, 2.45) is 0 Å². The molecule has 38 heavy (non-hydrogen) atoms. The molecule has 0 saturated heterocycles. The molecule has 0 spiro atoms. The molecule has 7 rings (SSSR count). The van der Waals surface area contributed by atoms with Gasteiger partial charge in [-0.05, 0) is 36.4 Å². The number of fused-ring (bicyclic) bond motifs is 5. The van der Waals surface area contributed by atoms with Crippen molar-refractivity contribution < 1.29 is 0 Å². The minimum absolute atomic E-state index is 0.647. The van der Waals surface area contributed by atoms with Crippen molar-refractivity contribution in [2.45, 2.75) is 0 Å². The molecule has 0 aliphatic carbocycles. The first-order valence-electron chi connectivity index (χ1n) is 12.3. The second-order valence-electron chi connectivity index (χ2n) is 9.17. The van der Waals surface area contributed by atoms with Gasteiger partial charge in [0.25, 0.3) is 0 Å². The normalized spacial score (nSPS) is 11.1. The van der Waals surface area contributed by atoms with E-state index in [1.807, 2.05) is 60.7 Å². The molecular formula is C34H19N3S. The van der Waals surface area contributed by atoms with E-state index in [9.17, 15) is 10.5 Å². The van der Waals surface area contributed by atoms with Crippen molar-refractivity contribution >= 4 is 70.1 Å². The van der Waals surface area contributed by atoms with Gasteiger partial charge in [-0.15, -0.1) is 11.3 Å². The van der Waals surface area contributed by atoms with Crippen molar-refractivity contribution in [1.29, 1.82) is 10.5 Å². The maximum absolute atomic E-state index is 9.83. The van der Waals surface area contributed by atoms with Gasteiger partial charge in [-0.25, -0.2) is 0 Å². The van der Waals surface area contributed by atoms with Gasteiger partial charge in [0, 0.05) is 37.0 Å². The van der Waals surface area contributed by atoms with Gasteiger partial charge in [0.1, 0.15) is 0 Å². The monoisotopic (exact) mass is 501 g/mol. The lowest BCUT2D eigenvalue weighted by Crippen LogP contribution is -2.11. The third kappa shape index (κ3) is 3.26. The van der Waals surface area contributed by atoms with Crippen LogP contribution in [-0.4, -0.2) is 0 Å². The van der Waals surface area contributed by atoms with Gasteiger partial charge >= 0.3 is 0 Å². The Balaban J connectivity index is 1.64. The van der Waals surface area contributed by atoms with Crippen molar-refractivity contribution in [3.8, 4) is 12.1 Å². The van der Waals surface area contributed by atoms with E-state index in [1.54, 1.807) is 11.3 Å². The van der Waals surface area contributed by atoms with Gasteiger partial charge in [-0.3, -0.25) is 0 Å². The van der Waals surface area contributed by atoms with Crippen molar-refractivity contribution in [3.63, 3.8) is 0 Å². The summed E-state index contributed by atoms with van der Waals surface area (Å²) < 4.78 is 2.43. The summed E-state index contributed by atoms with van der Waals surface area (Å²) in [5.74, 6) is 0. The molecule has 0 aliphatic rings. The lowest BCUT2D eigenvalue weighted by atomic mass is 9.99. The maximum Gasteiger partial charge on any atom is 0.0998 e. The minimum atomic E-state index is 0.647. The molecule has 4 heteroatoms. The first kappa shape index (κ1) is 22.1. The SMILES string of the molecule is N#Cc1ccc(N(c2ccc(C#N)c3ccccc23)c2cccc3c2sc2ccccc23)c2ccccc12. The molecular weight excluding hydrogens is 482 g/mol. The summed E-state index contributed by atoms with van der Waals surface area (Å²) in [7, 11) is 0. The second-order valence-corrected chi connectivity index (χ2v) is 10.2. The molecule has 0 atom stereocenters. The van der Waals surface area contributed by atoms with E-state index in [0.717, 1.165) is 38.6 Å². The zero-order valence-electron chi connectivity index (χ0n) is 20.2. The summed E-state index contributed by atoms with van der Waals surface area (Å²) in [5.41, 5.74) is 4.33. The lowest BCUT2D eigenvalue weighted by molar-refractivity contribution is 1.33. The number of anilines is 3. The van der Waals surface area contributed by atoms with E-state index in [0.29, 0.717) is 11.1 Å². The number of hydrogen-bond donors (Lipinski definition) is 0. The third-order valence-corrected chi connectivity index (χ3v) is 8.36. The number of hydrogen-bond acceptors (Lipinski definition) is 4. The minimum Gasteiger partial charge on any atom is -0.308 e. The fourth-order valence-electron chi connectivity index (χ4n) is 5.45. The highest BCUT2D eigenvalue weighted by Crippen LogP contribution is 2.48. The number of benzene rings is 6. The van der Waals surface area contributed by atoms with Crippen LogP contribution in [0.5, 0.6) is 0 Å². The van der Waals surface area contributed by atoms with Crippen molar-refractivity contribution in [3.05, 3.63) is 126 Å². The molecule has 0 radical (unpaired) electrons. The van der Waals surface area contributed by atoms with Crippen LogP contribution >= 0.6 is 11.3 Å². The highest BCUT2D eigenvalue weighted by Gasteiger charge is 2.22. The molecule has 0 fully saturated rings. The lowest BCUT2D eigenvalue weighted by Gasteiger charge is -2.29. The van der Waals surface area contributed by atoms with Gasteiger partial charge in [0.15, 0.2) is 0 Å². The number of thiophene rings is 1. The second kappa shape index (κ2) is 8.75. The van der Waals surface area contributed by atoms with Crippen LogP contribution in [0.1, 0.15) is 11.1 Å². The fraction of sp³-hybridized carbons (Fsp3) is 0. The molecule has 176 valence electrons. The standard InChI is InChI=1S/C34H19N3S/c35-20-22-16-18-30(26-10-3-1-8-24(22)26)37(31-19-17-23(21-36)25-9-2-4-11-27(25)31)32-14-7-13-29-28-12-5-6-15-33(28)38-34(29)32/h1-19H. The largest absolute Gasteiger partial charge is 0.308 e. The molecule has 1 aromatic heterocycles. The van der Waals surface area contributed by atoms with Gasteiger partial charge in [0.05, 0.1) is 45.0 Å². The molecule has 1 heterocycles. The predicted molar refractivity (Wildman–Crippen MR) is 158 cm³/mol. The van der Waals surface area contributed by atoms with E-state index >= 15 is 0 Å². The Morgan fingerprint density at radius 2 is 0.947 bits per heavy atom. The maximum atomic E-state index is 9.83. The molecule has 0 amide bonds. The summed E-state index contributed by atoms with van der Waals surface area (Å²) in [6, 6.07) is 43.7. The quantitative estimate of drug-likeness (QED) is 0.242. The number of rotatable bonds is 3. The van der Waals surface area contributed by atoms with Crippen molar-refractivity contribution in [2.75, 3.05) is 4.90 Å². The van der Waals surface area contributed by atoms with Crippen LogP contribution in [0.2, 0.25) is 0 Å². The van der Waals surface area contributed by atoms with Crippen LogP contribution < -0.4 is 4.90 Å². The summed E-state index contributed by atoms with van der Waals surface area (Å²) in [6.45, 7) is 0. The van der Waals surface area contributed by atoms with Crippen LogP contribution in [-0.2, 0) is 0 Å². The highest BCUT2D eigenvalue weighted by atomic mass is 32.1. The van der Waals surface area contributed by atoms with Crippen LogP contribution in [0.4, 0.5) is 17.1 Å². The molecule has 6 aromatic carbocycles. The van der Waals surface area contributed by atoms with Gasteiger partial charge in [0.2, 0.25) is 0 Å². The Kier molecular flexibility index (Phi) is 5.08. The molecule has 0 unspecified atom stereocenters. The van der Waals surface area contributed by atoms with Crippen molar-refractivity contribution in [1.82, 2.24) is 0 Å². The molecule has 0 N–H and O–H groups in total. The van der Waals surface area contributed by atoms with Gasteiger partial charge in [-0.2, -0.15) is 10.5 Å². The summed E-state index contributed by atoms with van der Waals surface area (Å²) in [6.07, 6.45) is 0. The average Bonchev–Trinajstić information content (AvgIpc) is 3.37. The van der Waals surface area contributed by atoms with E-state index in [2.05, 4.69) is 71.6 Å². The topological polar surface area (TPSA) is 50.8 Å². The van der Waals surface area contributed by atoms with E-state index < -0.39 is 0 Å². The summed E-state index contributed by atoms with van der Waals surface area (Å²) in [5, 5.41) is 25.9. The molecule has 0 bridgehead atoms. The number of nitrogens with zero attached hydrogens (tertiary/aromatic N) is 3. The van der Waals surface area contributed by atoms with Crippen LogP contribution in [0, 0.1) is 22.7 Å². The van der Waals surface area contributed by atoms with E-state index in [-0.39, 0.29) is 0 Å². The average molecular weight is 502 g/mol. The molecule has 3 nitrogen and oxygen atoms in total. The van der Waals surface area contributed by atoms with Crippen LogP contribution in [0.3, 0.4) is 0 Å². The molecule has 0 saturated carbocycles. The van der Waals surface area contributed by atoms with Gasteiger partial charge < -0.3 is 4.90 Å². The fourth-order valence-corrected chi connectivity index (χ4v) is 6.66. The zero-order chi connectivity index (χ0) is 25.6. The smallest absolute Gasteiger partial charge is 0.0998 e. The predicted octanol–water partition coefficient (Wildman–Crippen LogP) is 9.57. The van der Waals surface area contributed by atoms with Crippen LogP contribution in [0.15, 0.2) is 115 Å². The highest BCUT2D eigenvalue weighted by molar-refractivity contribution is 7.26. The van der Waals surface area contributed by atoms with E-state index in [4.69, 9.17) is 0 Å². The van der Waals surface area contributed by atoms with E-state index in [1.165, 1.54) is 20.2 Å². The summed E-state index contributed by atoms with van der Waals surface area (Å²) in [4.78, 5) is 2.30. The first-order valence-corrected chi connectivity index (χ1v) is 13.1. The third-order valence-electron chi connectivity index (χ3n) is 7.15. The zero-order valence-corrected chi connectivity index (χ0v) is 21.0. The molecule has 0 aliphatic heterocycles. The summed E-state index contributed by atoms with van der Waals surface area (Å²) >= 11 is 1.79. The number of nitriles is 2. The Hall–Kier alpha value is -5.16. The van der Waals surface area contributed by atoms with Crippen LogP contribution in [0.25, 0.3) is 41.7 Å². The Morgan fingerprint density at radius 3 is 1.53 bits per heavy atom. The molecule has 7 aromatic rings. The Bertz CT molecular complexity index is 2030. The Morgan fingerprint density at radius 1 is 0.447 bits per heavy atom. The van der Waals surface area contributed by atoms with Gasteiger partial charge in [-0.1, -0.05) is 78.9 Å². The first-order chi connectivity index (χ1) is 18.8.